The van der Waals surface area contributed by atoms with Gasteiger partial charge in [0.05, 0.1) is 10.4 Å². The quantitative estimate of drug-likeness (QED) is 0.478. The van der Waals surface area contributed by atoms with E-state index in [0.29, 0.717) is 29.2 Å². The zero-order chi connectivity index (χ0) is 16.9. The lowest BCUT2D eigenvalue weighted by Crippen LogP contribution is -2.35. The first-order valence-corrected chi connectivity index (χ1v) is 8.00. The molecule has 0 unspecified atom stereocenters. The van der Waals surface area contributed by atoms with Crippen molar-refractivity contribution in [1.82, 2.24) is 15.0 Å². The molecule has 8 heteroatoms. The van der Waals surface area contributed by atoms with E-state index >= 15 is 0 Å². The number of hydrogen-bond acceptors (Lipinski definition) is 7. The fourth-order valence-electron chi connectivity index (χ4n) is 2.73. The highest BCUT2D eigenvalue weighted by molar-refractivity contribution is 5.91. The molecule has 1 fully saturated rings. The predicted molar refractivity (Wildman–Crippen MR) is 93.9 cm³/mol. The van der Waals surface area contributed by atoms with Gasteiger partial charge in [-0.15, -0.1) is 6.58 Å². The monoisotopic (exact) mass is 328 g/mol. The Kier molecular flexibility index (Phi) is 4.85. The van der Waals surface area contributed by atoms with E-state index in [4.69, 9.17) is 0 Å². The molecular weight excluding hydrogens is 308 g/mol. The normalized spacial score (nSPS) is 15.2. The third kappa shape index (κ3) is 3.60. The van der Waals surface area contributed by atoms with Crippen LogP contribution in [-0.2, 0) is 0 Å². The average molecular weight is 328 g/mol. The van der Waals surface area contributed by atoms with E-state index in [-0.39, 0.29) is 5.69 Å². The molecule has 126 valence electrons. The van der Waals surface area contributed by atoms with Crippen molar-refractivity contribution in [1.29, 1.82) is 0 Å². The number of fused-ring (bicyclic) bond motifs is 1. The lowest BCUT2D eigenvalue weighted by atomic mass is 10.2. The number of hydrazine groups is 1. The van der Waals surface area contributed by atoms with E-state index in [1.807, 2.05) is 0 Å². The number of hydrogen-bond donors (Lipinski definition) is 2. The molecule has 8 nitrogen and oxygen atoms in total. The van der Waals surface area contributed by atoms with Crippen LogP contribution in [0.4, 0.5) is 17.5 Å². The van der Waals surface area contributed by atoms with Gasteiger partial charge in [0.15, 0.2) is 0 Å². The Morgan fingerprint density at radius 3 is 2.79 bits per heavy atom. The van der Waals surface area contributed by atoms with Gasteiger partial charge in [0.25, 0.3) is 5.69 Å². The third-order valence-corrected chi connectivity index (χ3v) is 3.92. The topological polar surface area (TPSA) is 96.2 Å². The van der Waals surface area contributed by atoms with E-state index in [2.05, 4.69) is 32.3 Å². The van der Waals surface area contributed by atoms with Gasteiger partial charge in [-0.25, -0.2) is 9.99 Å². The molecule has 1 aliphatic heterocycles. The maximum atomic E-state index is 11.0. The van der Waals surface area contributed by atoms with Crippen LogP contribution >= 0.6 is 0 Å². The maximum Gasteiger partial charge on any atom is 0.270 e. The molecule has 24 heavy (non-hydrogen) atoms. The summed E-state index contributed by atoms with van der Waals surface area (Å²) in [6.07, 6.45) is 5.25. The van der Waals surface area contributed by atoms with Crippen molar-refractivity contribution in [2.45, 2.75) is 19.3 Å². The van der Waals surface area contributed by atoms with Crippen LogP contribution < -0.4 is 10.7 Å². The number of nitro benzene ring substituents is 1. The van der Waals surface area contributed by atoms with Gasteiger partial charge in [0.1, 0.15) is 5.82 Å². The van der Waals surface area contributed by atoms with Crippen LogP contribution in [0.15, 0.2) is 30.9 Å². The van der Waals surface area contributed by atoms with Gasteiger partial charge in [0.2, 0.25) is 5.95 Å². The lowest BCUT2D eigenvalue weighted by molar-refractivity contribution is -0.384. The SMILES string of the molecule is C=CCNc1nc(NN2CCCCC2)nc2ccc([N+](=O)[O-])cc12. The fourth-order valence-corrected chi connectivity index (χ4v) is 2.73. The number of nitrogens with zero attached hydrogens (tertiary/aromatic N) is 4. The highest BCUT2D eigenvalue weighted by atomic mass is 16.6. The van der Waals surface area contributed by atoms with Crippen LogP contribution in [0.2, 0.25) is 0 Å². The standard InChI is InChI=1S/C16H20N6O2/c1-2-8-17-15-13-11-12(22(23)24)6-7-14(13)18-16(19-15)20-21-9-4-3-5-10-21/h2,6-7,11H,1,3-5,8-10H2,(H2,17,18,19,20). The van der Waals surface area contributed by atoms with Gasteiger partial charge < -0.3 is 5.32 Å². The summed E-state index contributed by atoms with van der Waals surface area (Å²) in [7, 11) is 0. The second-order valence-corrected chi connectivity index (χ2v) is 5.68. The molecule has 1 saturated heterocycles. The minimum atomic E-state index is -0.420. The van der Waals surface area contributed by atoms with Crippen LogP contribution in [0, 0.1) is 10.1 Å². The molecule has 0 amide bonds. The van der Waals surface area contributed by atoms with Crippen LogP contribution in [-0.4, -0.2) is 39.5 Å². The molecule has 2 aromatic rings. The highest BCUT2D eigenvalue weighted by Gasteiger charge is 2.15. The average Bonchev–Trinajstić information content (AvgIpc) is 2.60. The van der Waals surface area contributed by atoms with Gasteiger partial charge in [-0.05, 0) is 18.9 Å². The van der Waals surface area contributed by atoms with Gasteiger partial charge in [-0.3, -0.25) is 15.5 Å². The Bertz CT molecular complexity index is 758. The van der Waals surface area contributed by atoms with Crippen LogP contribution in [0.5, 0.6) is 0 Å². The zero-order valence-electron chi connectivity index (χ0n) is 13.4. The first-order valence-electron chi connectivity index (χ1n) is 8.00. The van der Waals surface area contributed by atoms with Crippen molar-refractivity contribution in [3.05, 3.63) is 41.0 Å². The minimum absolute atomic E-state index is 0.0180. The van der Waals surface area contributed by atoms with Gasteiger partial charge >= 0.3 is 0 Å². The molecule has 1 aromatic heterocycles. The zero-order valence-corrected chi connectivity index (χ0v) is 13.4. The van der Waals surface area contributed by atoms with Crippen LogP contribution in [0.25, 0.3) is 10.9 Å². The van der Waals surface area contributed by atoms with Gasteiger partial charge in [0, 0.05) is 37.2 Å². The Labute approximate surface area is 139 Å². The van der Waals surface area contributed by atoms with E-state index in [9.17, 15) is 10.1 Å². The summed E-state index contributed by atoms with van der Waals surface area (Å²) >= 11 is 0. The van der Waals surface area contributed by atoms with Crippen molar-refractivity contribution in [2.24, 2.45) is 0 Å². The van der Waals surface area contributed by atoms with E-state index < -0.39 is 4.92 Å². The minimum Gasteiger partial charge on any atom is -0.366 e. The molecule has 0 atom stereocenters. The number of rotatable bonds is 6. The lowest BCUT2D eigenvalue weighted by Gasteiger charge is -2.27. The Hall–Kier alpha value is -2.74. The maximum absolute atomic E-state index is 11.0. The molecule has 3 rings (SSSR count). The number of benzene rings is 1. The molecule has 2 N–H and O–H groups in total. The molecule has 0 spiro atoms. The third-order valence-electron chi connectivity index (χ3n) is 3.92. The molecule has 0 aliphatic carbocycles. The molecule has 0 bridgehead atoms. The summed E-state index contributed by atoms with van der Waals surface area (Å²) < 4.78 is 0. The number of piperidine rings is 1. The summed E-state index contributed by atoms with van der Waals surface area (Å²) in [6.45, 7) is 6.10. The predicted octanol–water partition coefficient (Wildman–Crippen LogP) is 2.95. The number of nitrogens with one attached hydrogen (secondary N) is 2. The molecule has 0 radical (unpaired) electrons. The highest BCUT2D eigenvalue weighted by Crippen LogP contribution is 2.26. The summed E-state index contributed by atoms with van der Waals surface area (Å²) in [4.78, 5) is 19.6. The molecule has 1 aliphatic rings. The first-order chi connectivity index (χ1) is 11.7. The van der Waals surface area contributed by atoms with Crippen molar-refractivity contribution in [3.63, 3.8) is 0 Å². The summed E-state index contributed by atoms with van der Waals surface area (Å²) in [6, 6.07) is 4.60. The fraction of sp³-hybridized carbons (Fsp3) is 0.375. The summed E-state index contributed by atoms with van der Waals surface area (Å²) in [5.41, 5.74) is 3.91. The van der Waals surface area contributed by atoms with E-state index in [1.54, 1.807) is 12.1 Å². The molecular formula is C16H20N6O2. The second kappa shape index (κ2) is 7.22. The first kappa shape index (κ1) is 16.1. The number of nitro groups is 1. The molecule has 1 aromatic carbocycles. The van der Waals surface area contributed by atoms with Crippen molar-refractivity contribution in [2.75, 3.05) is 30.4 Å². The van der Waals surface area contributed by atoms with Gasteiger partial charge in [-0.1, -0.05) is 12.5 Å². The van der Waals surface area contributed by atoms with Crippen LogP contribution in [0.3, 0.4) is 0 Å². The molecule has 0 saturated carbocycles. The molecule has 2 heterocycles. The van der Waals surface area contributed by atoms with Gasteiger partial charge in [-0.2, -0.15) is 4.98 Å². The Morgan fingerprint density at radius 2 is 2.08 bits per heavy atom. The number of non-ortho nitro benzene ring substituents is 1. The van der Waals surface area contributed by atoms with E-state index in [0.717, 1.165) is 25.9 Å². The van der Waals surface area contributed by atoms with Crippen molar-refractivity contribution < 1.29 is 4.92 Å². The smallest absolute Gasteiger partial charge is 0.270 e. The largest absolute Gasteiger partial charge is 0.366 e. The number of aromatic nitrogens is 2. The number of anilines is 2. The Morgan fingerprint density at radius 1 is 1.29 bits per heavy atom. The Balaban J connectivity index is 1.96. The van der Waals surface area contributed by atoms with Crippen molar-refractivity contribution >= 4 is 28.4 Å². The summed E-state index contributed by atoms with van der Waals surface area (Å²) in [5, 5.41) is 16.9. The summed E-state index contributed by atoms with van der Waals surface area (Å²) in [5.74, 6) is 1.05. The van der Waals surface area contributed by atoms with E-state index in [1.165, 1.54) is 18.6 Å². The second-order valence-electron chi connectivity index (χ2n) is 5.68. The van der Waals surface area contributed by atoms with Crippen LogP contribution in [0.1, 0.15) is 19.3 Å². The van der Waals surface area contributed by atoms with Crippen molar-refractivity contribution in [3.8, 4) is 0 Å².